The molecule has 0 spiro atoms. The van der Waals surface area contributed by atoms with Gasteiger partial charge in [-0.2, -0.15) is 0 Å². The number of fused-ring (bicyclic) bond motifs is 1. The summed E-state index contributed by atoms with van der Waals surface area (Å²) in [6, 6.07) is 13.1. The van der Waals surface area contributed by atoms with Gasteiger partial charge in [0.15, 0.2) is 0 Å². The number of aliphatic hydroxyl groups excluding tert-OH is 1. The van der Waals surface area contributed by atoms with Gasteiger partial charge in [-0.05, 0) is 36.8 Å². The number of aromatic nitrogens is 2. The minimum absolute atomic E-state index is 0.291. The monoisotopic (exact) mass is 297 g/mol. The van der Waals surface area contributed by atoms with Crippen LogP contribution in [0.1, 0.15) is 18.6 Å². The molecule has 0 radical (unpaired) electrons. The lowest BCUT2D eigenvalue weighted by atomic mass is 10.0. The van der Waals surface area contributed by atoms with E-state index in [1.807, 2.05) is 31.2 Å². The Kier molecular flexibility index (Phi) is 3.98. The normalized spacial score (nSPS) is 13.8. The van der Waals surface area contributed by atoms with E-state index in [2.05, 4.69) is 15.3 Å². The number of nitrogens with one attached hydrogen (secondary N) is 1. The van der Waals surface area contributed by atoms with Gasteiger partial charge in [0.05, 0.1) is 29.4 Å². The van der Waals surface area contributed by atoms with Gasteiger partial charge < -0.3 is 10.4 Å². The van der Waals surface area contributed by atoms with Crippen LogP contribution in [0.25, 0.3) is 11.0 Å². The van der Waals surface area contributed by atoms with Gasteiger partial charge in [-0.3, -0.25) is 4.98 Å². The highest BCUT2D eigenvalue weighted by Gasteiger charge is 2.17. The molecule has 1 heterocycles. The Hall–Kier alpha value is -2.53. The number of aliphatic hydroxyl groups is 1. The molecule has 2 aromatic carbocycles. The first-order valence-electron chi connectivity index (χ1n) is 7.05. The van der Waals surface area contributed by atoms with Crippen LogP contribution in [0.5, 0.6) is 0 Å². The molecule has 0 aliphatic carbocycles. The minimum atomic E-state index is -0.770. The van der Waals surface area contributed by atoms with E-state index in [1.165, 1.54) is 12.1 Å². The molecule has 2 atom stereocenters. The highest BCUT2D eigenvalue weighted by Crippen LogP contribution is 2.20. The molecule has 2 N–H and O–H groups in total. The molecule has 5 heteroatoms. The standard InChI is InChI=1S/C17H16FN3O/c1-11(17(22)12-6-8-13(18)9-7-12)20-16-10-19-14-4-2-3-5-15(14)21-16/h2-11,17,22H,1H3,(H,20,21)/t11-,17+/m1/s1. The summed E-state index contributed by atoms with van der Waals surface area (Å²) in [5.41, 5.74) is 2.26. The van der Waals surface area contributed by atoms with Crippen molar-refractivity contribution in [2.75, 3.05) is 5.32 Å². The second-order valence-corrected chi connectivity index (χ2v) is 5.17. The fraction of sp³-hybridized carbons (Fsp3) is 0.176. The number of hydrogen-bond acceptors (Lipinski definition) is 4. The van der Waals surface area contributed by atoms with Crippen molar-refractivity contribution in [1.82, 2.24) is 9.97 Å². The molecule has 0 aliphatic heterocycles. The number of hydrogen-bond donors (Lipinski definition) is 2. The average molecular weight is 297 g/mol. The van der Waals surface area contributed by atoms with Crippen LogP contribution in [0.15, 0.2) is 54.7 Å². The van der Waals surface area contributed by atoms with Crippen LogP contribution in [0, 0.1) is 5.82 Å². The fourth-order valence-electron chi connectivity index (χ4n) is 2.29. The molecule has 0 saturated carbocycles. The molecule has 3 aromatic rings. The van der Waals surface area contributed by atoms with Crippen LogP contribution >= 0.6 is 0 Å². The van der Waals surface area contributed by atoms with Crippen molar-refractivity contribution < 1.29 is 9.50 Å². The largest absolute Gasteiger partial charge is 0.386 e. The van der Waals surface area contributed by atoms with E-state index in [-0.39, 0.29) is 11.9 Å². The summed E-state index contributed by atoms with van der Waals surface area (Å²) >= 11 is 0. The van der Waals surface area contributed by atoms with Gasteiger partial charge in [0.1, 0.15) is 11.6 Å². The van der Waals surface area contributed by atoms with Crippen molar-refractivity contribution >= 4 is 16.9 Å². The zero-order valence-corrected chi connectivity index (χ0v) is 12.1. The second kappa shape index (κ2) is 6.07. The van der Waals surface area contributed by atoms with Crippen LogP contribution in [-0.2, 0) is 0 Å². The second-order valence-electron chi connectivity index (χ2n) is 5.17. The third kappa shape index (κ3) is 3.04. The van der Waals surface area contributed by atoms with Crippen molar-refractivity contribution in [3.05, 3.63) is 66.1 Å². The molecular formula is C17H16FN3O. The third-order valence-electron chi connectivity index (χ3n) is 3.51. The Labute approximate surface area is 127 Å². The van der Waals surface area contributed by atoms with E-state index in [0.29, 0.717) is 11.4 Å². The molecule has 0 unspecified atom stereocenters. The van der Waals surface area contributed by atoms with E-state index < -0.39 is 6.10 Å². The van der Waals surface area contributed by atoms with E-state index in [1.54, 1.807) is 18.3 Å². The van der Waals surface area contributed by atoms with Gasteiger partial charge in [-0.15, -0.1) is 0 Å². The Morgan fingerprint density at radius 2 is 1.73 bits per heavy atom. The number of anilines is 1. The van der Waals surface area contributed by atoms with Crippen LogP contribution in [0.2, 0.25) is 0 Å². The maximum Gasteiger partial charge on any atom is 0.145 e. The average Bonchev–Trinajstić information content (AvgIpc) is 2.55. The first kappa shape index (κ1) is 14.4. The van der Waals surface area contributed by atoms with Crippen molar-refractivity contribution in [3.8, 4) is 0 Å². The summed E-state index contributed by atoms with van der Waals surface area (Å²) in [5, 5.41) is 13.5. The van der Waals surface area contributed by atoms with Crippen molar-refractivity contribution in [1.29, 1.82) is 0 Å². The third-order valence-corrected chi connectivity index (χ3v) is 3.51. The highest BCUT2D eigenvalue weighted by molar-refractivity contribution is 5.75. The van der Waals surface area contributed by atoms with E-state index in [0.717, 1.165) is 11.0 Å². The first-order chi connectivity index (χ1) is 10.6. The number of benzene rings is 2. The SMILES string of the molecule is C[C@@H](Nc1cnc2ccccc2n1)[C@H](O)c1ccc(F)cc1. The van der Waals surface area contributed by atoms with Crippen LogP contribution in [0.3, 0.4) is 0 Å². The van der Waals surface area contributed by atoms with Crippen molar-refractivity contribution in [3.63, 3.8) is 0 Å². The summed E-state index contributed by atoms with van der Waals surface area (Å²) in [6.07, 6.45) is 0.866. The van der Waals surface area contributed by atoms with Crippen LogP contribution in [0.4, 0.5) is 10.2 Å². The molecule has 4 nitrogen and oxygen atoms in total. The highest BCUT2D eigenvalue weighted by atomic mass is 19.1. The number of rotatable bonds is 4. The van der Waals surface area contributed by atoms with Gasteiger partial charge in [0, 0.05) is 0 Å². The molecular weight excluding hydrogens is 281 g/mol. The van der Waals surface area contributed by atoms with Crippen molar-refractivity contribution in [2.24, 2.45) is 0 Å². The maximum atomic E-state index is 12.9. The molecule has 112 valence electrons. The lowest BCUT2D eigenvalue weighted by molar-refractivity contribution is 0.160. The minimum Gasteiger partial charge on any atom is -0.386 e. The van der Waals surface area contributed by atoms with Gasteiger partial charge in [0.2, 0.25) is 0 Å². The van der Waals surface area contributed by atoms with Gasteiger partial charge in [0.25, 0.3) is 0 Å². The predicted molar refractivity (Wildman–Crippen MR) is 84.0 cm³/mol. The number of nitrogens with zero attached hydrogens (tertiary/aromatic N) is 2. The quantitative estimate of drug-likeness (QED) is 0.775. The number of para-hydroxylation sites is 2. The molecule has 0 fully saturated rings. The molecule has 1 aromatic heterocycles. The fourth-order valence-corrected chi connectivity index (χ4v) is 2.29. The molecule has 0 saturated heterocycles. The summed E-state index contributed by atoms with van der Waals surface area (Å²) in [4.78, 5) is 8.78. The summed E-state index contributed by atoms with van der Waals surface area (Å²) in [7, 11) is 0. The van der Waals surface area contributed by atoms with E-state index in [9.17, 15) is 9.50 Å². The maximum absolute atomic E-state index is 12.9. The van der Waals surface area contributed by atoms with Gasteiger partial charge in [-0.25, -0.2) is 9.37 Å². The van der Waals surface area contributed by atoms with Crippen molar-refractivity contribution in [2.45, 2.75) is 19.1 Å². The predicted octanol–water partition coefficient (Wildman–Crippen LogP) is 3.30. The van der Waals surface area contributed by atoms with Gasteiger partial charge in [-0.1, -0.05) is 24.3 Å². The topological polar surface area (TPSA) is 58.0 Å². The summed E-state index contributed by atoms with van der Waals surface area (Å²) < 4.78 is 12.9. The van der Waals surface area contributed by atoms with Crippen LogP contribution in [-0.4, -0.2) is 21.1 Å². The molecule has 0 aliphatic rings. The zero-order chi connectivity index (χ0) is 15.5. The Morgan fingerprint density at radius 1 is 1.05 bits per heavy atom. The van der Waals surface area contributed by atoms with Gasteiger partial charge >= 0.3 is 0 Å². The van der Waals surface area contributed by atoms with E-state index >= 15 is 0 Å². The lowest BCUT2D eigenvalue weighted by Gasteiger charge is -2.21. The molecule has 22 heavy (non-hydrogen) atoms. The molecule has 3 rings (SSSR count). The smallest absolute Gasteiger partial charge is 0.145 e. The van der Waals surface area contributed by atoms with E-state index in [4.69, 9.17) is 0 Å². The number of halogens is 1. The molecule has 0 amide bonds. The first-order valence-corrected chi connectivity index (χ1v) is 7.05. The lowest BCUT2D eigenvalue weighted by Crippen LogP contribution is -2.24. The molecule has 0 bridgehead atoms. The summed E-state index contributed by atoms with van der Waals surface area (Å²) in [6.45, 7) is 1.84. The van der Waals surface area contributed by atoms with Crippen LogP contribution < -0.4 is 5.32 Å². The Morgan fingerprint density at radius 3 is 2.45 bits per heavy atom. The Bertz CT molecular complexity index is 776. The zero-order valence-electron chi connectivity index (χ0n) is 12.1. The summed E-state index contributed by atoms with van der Waals surface area (Å²) in [5.74, 6) is 0.268. The Balaban J connectivity index is 1.77.